The first-order valence-electron chi connectivity index (χ1n) is 7.54. The molecule has 1 aromatic carbocycles. The number of nitrogens with one attached hydrogen (secondary N) is 1. The molecule has 120 valence electrons. The quantitative estimate of drug-likeness (QED) is 0.880. The summed E-state index contributed by atoms with van der Waals surface area (Å²) in [5, 5.41) is 3.69. The molecule has 0 fully saturated rings. The third kappa shape index (κ3) is 3.03. The highest BCUT2D eigenvalue weighted by molar-refractivity contribution is 7.99. The summed E-state index contributed by atoms with van der Waals surface area (Å²) >= 11 is 1.53. The molecule has 0 radical (unpaired) electrons. The summed E-state index contributed by atoms with van der Waals surface area (Å²) in [6, 6.07) is 5.78. The third-order valence-electron chi connectivity index (χ3n) is 4.07. The summed E-state index contributed by atoms with van der Waals surface area (Å²) in [6.45, 7) is 5.70. The first kappa shape index (κ1) is 15.8. The lowest BCUT2D eigenvalue weighted by Gasteiger charge is -2.15. The zero-order chi connectivity index (χ0) is 16.6. The topological polar surface area (TPSA) is 64.0 Å². The van der Waals surface area contributed by atoms with Gasteiger partial charge in [-0.3, -0.25) is 14.2 Å². The molecule has 1 aromatic heterocycles. The molecule has 0 unspecified atom stereocenters. The summed E-state index contributed by atoms with van der Waals surface area (Å²) < 4.78 is 1.66. The van der Waals surface area contributed by atoms with Gasteiger partial charge in [-0.15, -0.1) is 0 Å². The Kier molecular flexibility index (Phi) is 4.26. The van der Waals surface area contributed by atoms with Crippen LogP contribution in [0.3, 0.4) is 0 Å². The lowest BCUT2D eigenvalue weighted by molar-refractivity contribution is -0.116. The fourth-order valence-corrected chi connectivity index (χ4v) is 3.89. The summed E-state index contributed by atoms with van der Waals surface area (Å²) in [5.74, 6) is 0.626. The van der Waals surface area contributed by atoms with E-state index >= 15 is 0 Å². The van der Waals surface area contributed by atoms with Crippen molar-refractivity contribution in [1.29, 1.82) is 0 Å². The Bertz CT molecular complexity index is 809. The number of amides is 1. The van der Waals surface area contributed by atoms with Gasteiger partial charge in [-0.1, -0.05) is 30.0 Å². The van der Waals surface area contributed by atoms with Crippen molar-refractivity contribution in [2.75, 3.05) is 11.1 Å². The molecule has 1 aliphatic rings. The number of carbonyl (C=O) groups is 1. The molecule has 6 heteroatoms. The predicted molar refractivity (Wildman–Crippen MR) is 92.2 cm³/mol. The molecule has 1 N–H and O–H groups in total. The van der Waals surface area contributed by atoms with Crippen molar-refractivity contribution in [3.05, 3.63) is 51.4 Å². The van der Waals surface area contributed by atoms with Crippen LogP contribution in [0.5, 0.6) is 0 Å². The van der Waals surface area contributed by atoms with E-state index in [0.29, 0.717) is 16.5 Å². The average Bonchev–Trinajstić information content (AvgIpc) is 2.90. The van der Waals surface area contributed by atoms with Crippen molar-refractivity contribution in [3.8, 4) is 0 Å². The van der Waals surface area contributed by atoms with Gasteiger partial charge < -0.3 is 5.32 Å². The highest BCUT2D eigenvalue weighted by Crippen LogP contribution is 2.32. The first-order chi connectivity index (χ1) is 11.0. The van der Waals surface area contributed by atoms with Gasteiger partial charge in [0.2, 0.25) is 5.91 Å². The molecule has 3 rings (SSSR count). The maximum atomic E-state index is 12.4. The fraction of sp³-hybridized carbons (Fsp3) is 0.353. The highest BCUT2D eigenvalue weighted by Gasteiger charge is 2.27. The van der Waals surface area contributed by atoms with Gasteiger partial charge in [-0.2, -0.15) is 0 Å². The first-order valence-corrected chi connectivity index (χ1v) is 8.53. The van der Waals surface area contributed by atoms with Gasteiger partial charge in [-0.25, -0.2) is 4.98 Å². The van der Waals surface area contributed by atoms with Crippen LogP contribution < -0.4 is 10.9 Å². The van der Waals surface area contributed by atoms with Crippen molar-refractivity contribution in [2.45, 2.75) is 38.4 Å². The smallest absolute Gasteiger partial charge is 0.257 e. The molecule has 0 spiro atoms. The molecule has 2 aromatic rings. The molecule has 5 nitrogen and oxygen atoms in total. The van der Waals surface area contributed by atoms with E-state index in [1.807, 2.05) is 32.0 Å². The molecule has 0 saturated carbocycles. The molecule has 23 heavy (non-hydrogen) atoms. The molecular weight excluding hydrogens is 310 g/mol. The van der Waals surface area contributed by atoms with Gasteiger partial charge in [0.05, 0.1) is 6.04 Å². The number of nitrogens with zero attached hydrogens (tertiary/aromatic N) is 2. The Hall–Kier alpha value is -2.08. The van der Waals surface area contributed by atoms with E-state index in [2.05, 4.69) is 10.3 Å². The van der Waals surface area contributed by atoms with E-state index in [4.69, 9.17) is 0 Å². The van der Waals surface area contributed by atoms with Crippen molar-refractivity contribution in [1.82, 2.24) is 9.55 Å². The Balaban J connectivity index is 1.79. The van der Waals surface area contributed by atoms with E-state index in [1.165, 1.54) is 11.8 Å². The summed E-state index contributed by atoms with van der Waals surface area (Å²) in [7, 11) is 0. The van der Waals surface area contributed by atoms with E-state index in [0.717, 1.165) is 16.8 Å². The second kappa shape index (κ2) is 6.20. The highest BCUT2D eigenvalue weighted by atomic mass is 32.2. The number of para-hydroxylation sites is 1. The Labute approximate surface area is 139 Å². The largest absolute Gasteiger partial charge is 0.326 e. The van der Waals surface area contributed by atoms with Crippen LogP contribution in [0.15, 0.2) is 34.3 Å². The van der Waals surface area contributed by atoms with E-state index in [1.54, 1.807) is 17.7 Å². The normalized spacial score (nSPS) is 16.2. The van der Waals surface area contributed by atoms with Gasteiger partial charge >= 0.3 is 0 Å². The van der Waals surface area contributed by atoms with Crippen molar-refractivity contribution < 1.29 is 4.79 Å². The maximum Gasteiger partial charge on any atom is 0.257 e. The van der Waals surface area contributed by atoms with Crippen LogP contribution in [0.25, 0.3) is 0 Å². The van der Waals surface area contributed by atoms with Gasteiger partial charge in [0.15, 0.2) is 5.16 Å². The lowest BCUT2D eigenvalue weighted by Crippen LogP contribution is -2.29. The molecule has 1 atom stereocenters. The Morgan fingerprint density at radius 1 is 1.30 bits per heavy atom. The minimum absolute atomic E-state index is 0.0510. The molecule has 1 aliphatic heterocycles. The average molecular weight is 329 g/mol. The number of aromatic nitrogens is 2. The number of thioether (sulfide) groups is 1. The summed E-state index contributed by atoms with van der Waals surface area (Å²) in [4.78, 5) is 29.0. The maximum absolute atomic E-state index is 12.4. The van der Waals surface area contributed by atoms with E-state index < -0.39 is 0 Å². The molecule has 0 bridgehead atoms. The standard InChI is InChI=1S/C17H19N3O2S/c1-10-5-4-6-11(2)15(10)19-14(21)7-13-9-23-17-18-8-12(3)16(22)20(13)17/h4-6,8,13H,7,9H2,1-3H3,(H,19,21)/t13-/m0/s1. The molecule has 0 aliphatic carbocycles. The second-order valence-corrected chi connectivity index (χ2v) is 6.87. The summed E-state index contributed by atoms with van der Waals surface area (Å²) in [6.07, 6.45) is 1.87. The van der Waals surface area contributed by atoms with Crippen molar-refractivity contribution >= 4 is 23.4 Å². The van der Waals surface area contributed by atoms with Gasteiger partial charge in [0.1, 0.15) is 0 Å². The van der Waals surface area contributed by atoms with Crippen LogP contribution in [0, 0.1) is 20.8 Å². The zero-order valence-electron chi connectivity index (χ0n) is 13.4. The predicted octanol–water partition coefficient (Wildman–Crippen LogP) is 2.84. The van der Waals surface area contributed by atoms with Crippen LogP contribution in [0.4, 0.5) is 5.69 Å². The number of fused-ring (bicyclic) bond motifs is 1. The number of anilines is 1. The van der Waals surface area contributed by atoms with Crippen LogP contribution >= 0.6 is 11.8 Å². The third-order valence-corrected chi connectivity index (χ3v) is 5.18. The number of hydrogen-bond acceptors (Lipinski definition) is 4. The monoisotopic (exact) mass is 329 g/mol. The minimum Gasteiger partial charge on any atom is -0.326 e. The SMILES string of the molecule is Cc1cccc(C)c1NC(=O)C[C@H]1CSc2ncc(C)c(=O)n21. The number of rotatable bonds is 3. The van der Waals surface area contributed by atoms with Crippen molar-refractivity contribution in [2.24, 2.45) is 0 Å². The van der Waals surface area contributed by atoms with E-state index in [-0.39, 0.29) is 23.9 Å². The van der Waals surface area contributed by atoms with E-state index in [9.17, 15) is 9.59 Å². The Morgan fingerprint density at radius 3 is 2.70 bits per heavy atom. The number of aryl methyl sites for hydroxylation is 3. The zero-order valence-corrected chi connectivity index (χ0v) is 14.2. The molecule has 0 saturated heterocycles. The second-order valence-electron chi connectivity index (χ2n) is 5.88. The number of carbonyl (C=O) groups excluding carboxylic acids is 1. The van der Waals surface area contributed by atoms with Gasteiger partial charge in [-0.05, 0) is 31.9 Å². The van der Waals surface area contributed by atoms with Gasteiger partial charge in [0, 0.05) is 29.6 Å². The number of benzene rings is 1. The minimum atomic E-state index is -0.140. The number of hydrogen-bond donors (Lipinski definition) is 1. The summed E-state index contributed by atoms with van der Waals surface area (Å²) in [5.41, 5.74) is 3.49. The van der Waals surface area contributed by atoms with Crippen LogP contribution in [-0.4, -0.2) is 21.2 Å². The lowest BCUT2D eigenvalue weighted by atomic mass is 10.1. The Morgan fingerprint density at radius 2 is 2.00 bits per heavy atom. The van der Waals surface area contributed by atoms with Crippen molar-refractivity contribution in [3.63, 3.8) is 0 Å². The molecular formula is C17H19N3O2S. The van der Waals surface area contributed by atoms with Crippen LogP contribution in [0.2, 0.25) is 0 Å². The van der Waals surface area contributed by atoms with Crippen LogP contribution in [-0.2, 0) is 4.79 Å². The van der Waals surface area contributed by atoms with Gasteiger partial charge in [0.25, 0.3) is 5.56 Å². The fourth-order valence-electron chi connectivity index (χ4n) is 2.79. The molecule has 2 heterocycles. The van der Waals surface area contributed by atoms with Crippen LogP contribution in [0.1, 0.15) is 29.2 Å². The molecule has 1 amide bonds.